The Kier molecular flexibility index (Phi) is 6.72. The molecule has 1 saturated heterocycles. The van der Waals surface area contributed by atoms with Gasteiger partial charge < -0.3 is 24.4 Å². The van der Waals surface area contributed by atoms with E-state index in [4.69, 9.17) is 14.2 Å². The molecular formula is C23H28N4O5. The minimum atomic E-state index is -0.345. The molecule has 2 aliphatic rings. The summed E-state index contributed by atoms with van der Waals surface area (Å²) in [6, 6.07) is 7.38. The molecule has 1 aliphatic carbocycles. The zero-order chi connectivity index (χ0) is 22.5. The number of benzene rings is 1. The number of hydrogen-bond donors (Lipinski definition) is 1. The van der Waals surface area contributed by atoms with Crippen molar-refractivity contribution in [3.63, 3.8) is 0 Å². The standard InChI is InChI=1S/C23H28N4O5/c1-30-18-9-5-17(6-10-18)27-14-15(13-20(27)28)21(29)26-16-3-7-19(8-4-16)32-23-22(31-2)24-11-12-25-23/h5-6,9-12,15-16,19H,3-4,7-8,13-14H2,1-2H3,(H,26,29). The maximum Gasteiger partial charge on any atom is 0.278 e. The van der Waals surface area contributed by atoms with Crippen molar-refractivity contribution < 1.29 is 23.8 Å². The molecule has 1 N–H and O–H groups in total. The lowest BCUT2D eigenvalue weighted by Gasteiger charge is -2.30. The molecule has 1 aromatic heterocycles. The van der Waals surface area contributed by atoms with E-state index >= 15 is 0 Å². The average molecular weight is 441 g/mol. The Morgan fingerprint density at radius 3 is 2.34 bits per heavy atom. The Hall–Kier alpha value is -3.36. The van der Waals surface area contributed by atoms with Crippen LogP contribution in [0.2, 0.25) is 0 Å². The van der Waals surface area contributed by atoms with Gasteiger partial charge in [0.15, 0.2) is 0 Å². The van der Waals surface area contributed by atoms with Crippen LogP contribution in [-0.2, 0) is 9.59 Å². The molecule has 0 bridgehead atoms. The van der Waals surface area contributed by atoms with Crippen LogP contribution in [-0.4, -0.2) is 54.7 Å². The average Bonchev–Trinajstić information content (AvgIpc) is 3.22. The highest BCUT2D eigenvalue weighted by molar-refractivity contribution is 6.00. The van der Waals surface area contributed by atoms with Crippen molar-refractivity contribution in [2.45, 2.75) is 44.2 Å². The maximum absolute atomic E-state index is 12.8. The van der Waals surface area contributed by atoms with Gasteiger partial charge in [-0.15, -0.1) is 0 Å². The number of ether oxygens (including phenoxy) is 3. The molecule has 1 atom stereocenters. The Balaban J connectivity index is 1.26. The molecule has 1 saturated carbocycles. The van der Waals surface area contributed by atoms with Crippen LogP contribution in [0.4, 0.5) is 5.69 Å². The van der Waals surface area contributed by atoms with Crippen molar-refractivity contribution in [2.75, 3.05) is 25.7 Å². The zero-order valence-corrected chi connectivity index (χ0v) is 18.3. The van der Waals surface area contributed by atoms with E-state index in [1.807, 2.05) is 24.3 Å². The Labute approximate surface area is 187 Å². The molecular weight excluding hydrogens is 412 g/mol. The number of rotatable bonds is 7. The summed E-state index contributed by atoms with van der Waals surface area (Å²) >= 11 is 0. The van der Waals surface area contributed by atoms with E-state index in [1.165, 1.54) is 7.11 Å². The second-order valence-corrected chi connectivity index (χ2v) is 8.07. The van der Waals surface area contributed by atoms with Crippen LogP contribution in [0.15, 0.2) is 36.7 Å². The number of methoxy groups -OCH3 is 2. The first-order valence-electron chi connectivity index (χ1n) is 10.8. The van der Waals surface area contributed by atoms with E-state index in [2.05, 4.69) is 15.3 Å². The van der Waals surface area contributed by atoms with Gasteiger partial charge in [0.05, 0.1) is 20.1 Å². The third-order valence-electron chi connectivity index (χ3n) is 6.01. The monoisotopic (exact) mass is 440 g/mol. The summed E-state index contributed by atoms with van der Waals surface area (Å²) in [5.41, 5.74) is 0.781. The molecule has 1 aromatic carbocycles. The molecule has 2 heterocycles. The van der Waals surface area contributed by atoms with Crippen molar-refractivity contribution >= 4 is 17.5 Å². The Morgan fingerprint density at radius 2 is 1.69 bits per heavy atom. The van der Waals surface area contributed by atoms with Crippen molar-refractivity contribution in [3.05, 3.63) is 36.7 Å². The van der Waals surface area contributed by atoms with Gasteiger partial charge in [0, 0.05) is 37.1 Å². The first-order valence-corrected chi connectivity index (χ1v) is 10.8. The van der Waals surface area contributed by atoms with Crippen LogP contribution >= 0.6 is 0 Å². The molecule has 2 fully saturated rings. The van der Waals surface area contributed by atoms with Gasteiger partial charge >= 0.3 is 0 Å². The van der Waals surface area contributed by atoms with E-state index in [0.717, 1.165) is 37.1 Å². The summed E-state index contributed by atoms with van der Waals surface area (Å²) in [6.45, 7) is 0.391. The summed E-state index contributed by atoms with van der Waals surface area (Å²) in [5, 5.41) is 3.13. The highest BCUT2D eigenvalue weighted by Gasteiger charge is 2.36. The van der Waals surface area contributed by atoms with Gasteiger partial charge in [0.2, 0.25) is 11.8 Å². The number of carbonyl (C=O) groups excluding carboxylic acids is 2. The van der Waals surface area contributed by atoms with Crippen LogP contribution in [0.25, 0.3) is 0 Å². The second kappa shape index (κ2) is 9.84. The highest BCUT2D eigenvalue weighted by Crippen LogP contribution is 2.29. The summed E-state index contributed by atoms with van der Waals surface area (Å²) in [4.78, 5) is 35.3. The van der Waals surface area contributed by atoms with Crippen LogP contribution in [0.3, 0.4) is 0 Å². The minimum absolute atomic E-state index is 0.00683. The van der Waals surface area contributed by atoms with Crippen molar-refractivity contribution in [1.29, 1.82) is 0 Å². The number of nitrogens with one attached hydrogen (secondary N) is 1. The molecule has 4 rings (SSSR count). The molecule has 9 nitrogen and oxygen atoms in total. The molecule has 9 heteroatoms. The van der Waals surface area contributed by atoms with Crippen molar-refractivity contribution in [1.82, 2.24) is 15.3 Å². The van der Waals surface area contributed by atoms with Gasteiger partial charge in [-0.3, -0.25) is 9.59 Å². The lowest BCUT2D eigenvalue weighted by molar-refractivity contribution is -0.127. The van der Waals surface area contributed by atoms with Crippen LogP contribution in [0.5, 0.6) is 17.5 Å². The van der Waals surface area contributed by atoms with E-state index in [0.29, 0.717) is 18.3 Å². The van der Waals surface area contributed by atoms with Gasteiger partial charge in [-0.2, -0.15) is 0 Å². The molecule has 1 aliphatic heterocycles. The van der Waals surface area contributed by atoms with Gasteiger partial charge in [-0.05, 0) is 49.9 Å². The number of anilines is 1. The maximum atomic E-state index is 12.8. The zero-order valence-electron chi connectivity index (χ0n) is 18.3. The number of hydrogen-bond acceptors (Lipinski definition) is 7. The molecule has 0 spiro atoms. The molecule has 2 amide bonds. The largest absolute Gasteiger partial charge is 0.497 e. The quantitative estimate of drug-likeness (QED) is 0.705. The molecule has 1 unspecified atom stereocenters. The SMILES string of the molecule is COc1ccc(N2CC(C(=O)NC3CCC(Oc4nccnc4OC)CC3)CC2=O)cc1. The van der Waals surface area contributed by atoms with Crippen molar-refractivity contribution in [3.8, 4) is 17.5 Å². The number of amides is 2. The lowest BCUT2D eigenvalue weighted by atomic mass is 9.92. The molecule has 170 valence electrons. The van der Waals surface area contributed by atoms with Gasteiger partial charge in [0.25, 0.3) is 11.8 Å². The third kappa shape index (κ3) is 4.92. The highest BCUT2D eigenvalue weighted by atomic mass is 16.5. The van der Waals surface area contributed by atoms with Crippen LogP contribution in [0.1, 0.15) is 32.1 Å². The molecule has 2 aromatic rings. The van der Waals surface area contributed by atoms with E-state index in [1.54, 1.807) is 24.4 Å². The fourth-order valence-corrected chi connectivity index (χ4v) is 4.23. The van der Waals surface area contributed by atoms with Crippen LogP contribution in [0, 0.1) is 5.92 Å². The van der Waals surface area contributed by atoms with E-state index < -0.39 is 0 Å². The predicted molar refractivity (Wildman–Crippen MR) is 117 cm³/mol. The fraction of sp³-hybridized carbons (Fsp3) is 0.478. The van der Waals surface area contributed by atoms with E-state index in [-0.39, 0.29) is 36.3 Å². The fourth-order valence-electron chi connectivity index (χ4n) is 4.23. The predicted octanol–water partition coefficient (Wildman–Crippen LogP) is 2.35. The number of nitrogens with zero attached hydrogens (tertiary/aromatic N) is 3. The van der Waals surface area contributed by atoms with Gasteiger partial charge in [-0.25, -0.2) is 9.97 Å². The van der Waals surface area contributed by atoms with Gasteiger partial charge in [0.1, 0.15) is 11.9 Å². The summed E-state index contributed by atoms with van der Waals surface area (Å²) in [7, 11) is 3.13. The number of aromatic nitrogens is 2. The first-order chi connectivity index (χ1) is 15.6. The summed E-state index contributed by atoms with van der Waals surface area (Å²) in [6.07, 6.45) is 6.57. The molecule has 32 heavy (non-hydrogen) atoms. The third-order valence-corrected chi connectivity index (χ3v) is 6.01. The Bertz CT molecular complexity index is 944. The van der Waals surface area contributed by atoms with E-state index in [9.17, 15) is 9.59 Å². The lowest BCUT2D eigenvalue weighted by Crippen LogP contribution is -2.43. The topological polar surface area (TPSA) is 103 Å². The van der Waals surface area contributed by atoms with Crippen molar-refractivity contribution in [2.24, 2.45) is 5.92 Å². The summed E-state index contributed by atoms with van der Waals surface area (Å²) < 4.78 is 16.3. The normalized spacial score (nSPS) is 23.0. The van der Waals surface area contributed by atoms with Crippen LogP contribution < -0.4 is 24.4 Å². The first kappa shape index (κ1) is 21.9. The minimum Gasteiger partial charge on any atom is -0.497 e. The smallest absolute Gasteiger partial charge is 0.278 e. The Morgan fingerprint density at radius 1 is 1.00 bits per heavy atom. The second-order valence-electron chi connectivity index (χ2n) is 8.07. The number of carbonyl (C=O) groups is 2. The summed E-state index contributed by atoms with van der Waals surface area (Å²) in [5.74, 6) is 1.05. The van der Waals surface area contributed by atoms with Gasteiger partial charge in [-0.1, -0.05) is 0 Å². The molecule has 0 radical (unpaired) electrons.